The molecule has 2 rings (SSSR count). The Balaban J connectivity index is 1.79. The minimum absolute atomic E-state index is 0.676. The van der Waals surface area contributed by atoms with Crippen molar-refractivity contribution in [2.24, 2.45) is 0 Å². The van der Waals surface area contributed by atoms with Crippen LogP contribution in [0.3, 0.4) is 0 Å². The number of thiophene rings is 1. The van der Waals surface area contributed by atoms with Gasteiger partial charge < -0.3 is 9.73 Å². The number of hydrogen-bond acceptors (Lipinski definition) is 4. The minimum atomic E-state index is 0.676. The summed E-state index contributed by atoms with van der Waals surface area (Å²) in [5.41, 5.74) is 0. The molecule has 0 atom stereocenters. The Morgan fingerprint density at radius 2 is 2.31 bits per heavy atom. The van der Waals surface area contributed by atoms with Gasteiger partial charge >= 0.3 is 0 Å². The Morgan fingerprint density at radius 1 is 1.44 bits per heavy atom. The van der Waals surface area contributed by atoms with Gasteiger partial charge in [0.25, 0.3) is 0 Å². The van der Waals surface area contributed by atoms with Crippen LogP contribution in [0.4, 0.5) is 0 Å². The fraction of sp³-hybridized carbons (Fsp3) is 0.364. The van der Waals surface area contributed by atoms with E-state index in [0.29, 0.717) is 6.54 Å². The summed E-state index contributed by atoms with van der Waals surface area (Å²) >= 11 is 5.18. The summed E-state index contributed by atoms with van der Waals surface area (Å²) in [4.78, 5) is 5.49. The van der Waals surface area contributed by atoms with Crippen LogP contribution in [0, 0.1) is 0 Å². The second kappa shape index (κ2) is 5.61. The zero-order valence-electron chi connectivity index (χ0n) is 9.00. The highest BCUT2D eigenvalue weighted by Crippen LogP contribution is 2.21. The molecule has 86 valence electrons. The highest BCUT2D eigenvalue weighted by atomic mass is 79.9. The molecule has 0 saturated heterocycles. The van der Waals surface area contributed by atoms with E-state index < -0.39 is 0 Å². The van der Waals surface area contributed by atoms with Crippen LogP contribution in [0.25, 0.3) is 0 Å². The third-order valence-corrected chi connectivity index (χ3v) is 3.78. The normalized spacial score (nSPS) is 10.9. The number of hydrogen-bond donors (Lipinski definition) is 1. The van der Waals surface area contributed by atoms with Crippen LogP contribution in [0.2, 0.25) is 0 Å². The van der Waals surface area contributed by atoms with E-state index in [1.807, 2.05) is 0 Å². The quantitative estimate of drug-likeness (QED) is 0.920. The summed E-state index contributed by atoms with van der Waals surface area (Å²) in [6.07, 6.45) is 2.68. The summed E-state index contributed by atoms with van der Waals surface area (Å²) in [6.45, 7) is 3.58. The molecule has 0 unspecified atom stereocenters. The van der Waals surface area contributed by atoms with Gasteiger partial charge in [0.05, 0.1) is 16.5 Å². The predicted octanol–water partition coefficient (Wildman–Crippen LogP) is 3.35. The third-order valence-electron chi connectivity index (χ3n) is 2.15. The maximum atomic E-state index is 5.50. The number of nitrogens with zero attached hydrogens (tertiary/aromatic N) is 1. The van der Waals surface area contributed by atoms with Crippen LogP contribution in [0.1, 0.15) is 23.5 Å². The third kappa shape index (κ3) is 3.17. The summed E-state index contributed by atoms with van der Waals surface area (Å²) < 4.78 is 6.66. The Hall–Kier alpha value is -0.650. The molecular formula is C11H13BrN2OS. The van der Waals surface area contributed by atoms with Gasteiger partial charge in [-0.15, -0.1) is 11.3 Å². The van der Waals surface area contributed by atoms with E-state index in [-0.39, 0.29) is 0 Å². The molecule has 0 bridgehead atoms. The van der Waals surface area contributed by atoms with E-state index in [4.69, 9.17) is 4.42 Å². The Labute approximate surface area is 107 Å². The second-order valence-corrected chi connectivity index (χ2v) is 5.93. The van der Waals surface area contributed by atoms with E-state index in [0.717, 1.165) is 28.4 Å². The number of aryl methyl sites for hydroxylation is 1. The fourth-order valence-electron chi connectivity index (χ4n) is 1.33. The Bertz CT molecular complexity index is 452. The number of aromatic nitrogens is 1. The van der Waals surface area contributed by atoms with Gasteiger partial charge in [-0.25, -0.2) is 4.98 Å². The van der Waals surface area contributed by atoms with E-state index in [1.165, 1.54) is 4.88 Å². The lowest BCUT2D eigenvalue weighted by molar-refractivity contribution is 0.439. The van der Waals surface area contributed by atoms with Gasteiger partial charge in [-0.2, -0.15) is 0 Å². The molecule has 0 amide bonds. The van der Waals surface area contributed by atoms with Gasteiger partial charge in [-0.3, -0.25) is 0 Å². The molecule has 2 aromatic heterocycles. The fourth-order valence-corrected chi connectivity index (χ4v) is 2.79. The van der Waals surface area contributed by atoms with Crippen molar-refractivity contribution in [1.29, 1.82) is 0 Å². The lowest BCUT2D eigenvalue weighted by Crippen LogP contribution is -2.11. The average Bonchev–Trinajstić information content (AvgIpc) is 2.88. The summed E-state index contributed by atoms with van der Waals surface area (Å²) in [5, 5.41) is 3.30. The molecule has 1 N–H and O–H groups in total. The number of halogens is 1. The molecule has 0 radical (unpaired) electrons. The molecule has 2 aromatic rings. The van der Waals surface area contributed by atoms with Crippen molar-refractivity contribution >= 4 is 27.3 Å². The van der Waals surface area contributed by atoms with Crippen molar-refractivity contribution in [3.8, 4) is 0 Å². The maximum absolute atomic E-state index is 5.50. The molecule has 0 saturated carbocycles. The van der Waals surface area contributed by atoms with Crippen LogP contribution >= 0.6 is 27.3 Å². The van der Waals surface area contributed by atoms with Gasteiger partial charge in [0, 0.05) is 17.8 Å². The molecule has 0 spiro atoms. The largest absolute Gasteiger partial charge is 0.444 e. The van der Waals surface area contributed by atoms with E-state index in [2.05, 4.69) is 45.3 Å². The van der Waals surface area contributed by atoms with Crippen molar-refractivity contribution in [3.63, 3.8) is 0 Å². The first kappa shape index (κ1) is 11.8. The molecule has 0 aliphatic rings. The van der Waals surface area contributed by atoms with Crippen molar-refractivity contribution in [1.82, 2.24) is 10.3 Å². The lowest BCUT2D eigenvalue weighted by atomic mass is 10.4. The summed E-state index contributed by atoms with van der Waals surface area (Å²) in [7, 11) is 0. The highest BCUT2D eigenvalue weighted by molar-refractivity contribution is 9.11. The van der Waals surface area contributed by atoms with Crippen molar-refractivity contribution in [2.45, 2.75) is 26.4 Å². The van der Waals surface area contributed by atoms with Crippen molar-refractivity contribution in [2.75, 3.05) is 0 Å². The van der Waals surface area contributed by atoms with Gasteiger partial charge in [-0.05, 0) is 28.1 Å². The SMILES string of the molecule is CCc1cnc(CNCc2ccc(Br)s2)o1. The molecule has 2 heterocycles. The molecule has 0 fully saturated rings. The maximum Gasteiger partial charge on any atom is 0.208 e. The average molecular weight is 301 g/mol. The number of nitrogens with one attached hydrogen (secondary N) is 1. The van der Waals surface area contributed by atoms with Crippen LogP contribution in [0.15, 0.2) is 26.5 Å². The van der Waals surface area contributed by atoms with Crippen LogP contribution in [-0.4, -0.2) is 4.98 Å². The van der Waals surface area contributed by atoms with Gasteiger partial charge in [0.15, 0.2) is 0 Å². The second-order valence-electron chi connectivity index (χ2n) is 3.38. The van der Waals surface area contributed by atoms with Crippen LogP contribution < -0.4 is 5.32 Å². The van der Waals surface area contributed by atoms with Gasteiger partial charge in [0.1, 0.15) is 5.76 Å². The zero-order chi connectivity index (χ0) is 11.4. The Kier molecular flexibility index (Phi) is 4.15. The number of oxazole rings is 1. The zero-order valence-corrected chi connectivity index (χ0v) is 11.4. The Morgan fingerprint density at radius 3 is 2.94 bits per heavy atom. The highest BCUT2D eigenvalue weighted by Gasteiger charge is 2.02. The molecule has 3 nitrogen and oxygen atoms in total. The summed E-state index contributed by atoms with van der Waals surface area (Å²) in [5.74, 6) is 1.70. The molecule has 0 aliphatic carbocycles. The first-order valence-corrected chi connectivity index (χ1v) is 6.77. The van der Waals surface area contributed by atoms with Gasteiger partial charge in [0.2, 0.25) is 5.89 Å². The van der Waals surface area contributed by atoms with Crippen molar-refractivity contribution < 1.29 is 4.42 Å². The standard InChI is InChI=1S/C11H13BrN2OS/c1-2-8-5-14-11(15-8)7-13-6-9-3-4-10(12)16-9/h3-5,13H,2,6-7H2,1H3. The minimum Gasteiger partial charge on any atom is -0.444 e. The first-order valence-electron chi connectivity index (χ1n) is 5.16. The predicted molar refractivity (Wildman–Crippen MR) is 68.4 cm³/mol. The molecular weight excluding hydrogens is 288 g/mol. The monoisotopic (exact) mass is 300 g/mol. The van der Waals surface area contributed by atoms with Crippen molar-refractivity contribution in [3.05, 3.63) is 38.6 Å². The van der Waals surface area contributed by atoms with Crippen LogP contribution in [-0.2, 0) is 19.5 Å². The molecule has 0 aliphatic heterocycles. The van der Waals surface area contributed by atoms with Gasteiger partial charge in [-0.1, -0.05) is 6.92 Å². The van der Waals surface area contributed by atoms with Crippen LogP contribution in [0.5, 0.6) is 0 Å². The van der Waals surface area contributed by atoms with E-state index in [1.54, 1.807) is 17.5 Å². The topological polar surface area (TPSA) is 38.1 Å². The lowest BCUT2D eigenvalue weighted by Gasteiger charge is -1.98. The van der Waals surface area contributed by atoms with E-state index >= 15 is 0 Å². The smallest absolute Gasteiger partial charge is 0.208 e. The van der Waals surface area contributed by atoms with E-state index in [9.17, 15) is 0 Å². The first-order chi connectivity index (χ1) is 7.78. The molecule has 16 heavy (non-hydrogen) atoms. The molecule has 0 aromatic carbocycles. The number of rotatable bonds is 5. The molecule has 5 heteroatoms. The summed E-state index contributed by atoms with van der Waals surface area (Å²) in [6, 6.07) is 4.16.